The van der Waals surface area contributed by atoms with E-state index in [-0.39, 0.29) is 0 Å². The third kappa shape index (κ3) is 5.19. The molecule has 124 valence electrons. The van der Waals surface area contributed by atoms with Crippen molar-refractivity contribution in [3.8, 4) is 5.75 Å². The Balaban J connectivity index is 1.90. The molecule has 22 heavy (non-hydrogen) atoms. The lowest BCUT2D eigenvalue weighted by Crippen LogP contribution is -2.14. The molecule has 1 aliphatic carbocycles. The zero-order chi connectivity index (χ0) is 15.8. The topological polar surface area (TPSA) is 9.23 Å². The Kier molecular flexibility index (Phi) is 7.59. The molecule has 0 atom stereocenters. The quantitative estimate of drug-likeness (QED) is 0.469. The summed E-state index contributed by atoms with van der Waals surface area (Å²) in [6.07, 6.45) is 11.9. The molecule has 1 saturated carbocycles. The van der Waals surface area contributed by atoms with Crippen molar-refractivity contribution in [3.63, 3.8) is 0 Å². The fourth-order valence-electron chi connectivity index (χ4n) is 3.59. The van der Waals surface area contributed by atoms with Crippen LogP contribution < -0.4 is 4.74 Å². The molecule has 0 amide bonds. The molecule has 0 unspecified atom stereocenters. The molecule has 2 rings (SSSR count). The molecule has 0 heterocycles. The molecule has 0 bridgehead atoms. The van der Waals surface area contributed by atoms with Crippen LogP contribution in [-0.4, -0.2) is 6.61 Å². The van der Waals surface area contributed by atoms with Crippen molar-refractivity contribution in [2.24, 2.45) is 5.92 Å². The van der Waals surface area contributed by atoms with Gasteiger partial charge in [-0.15, -0.1) is 0 Å². The zero-order valence-corrected chi connectivity index (χ0v) is 15.0. The summed E-state index contributed by atoms with van der Waals surface area (Å²) < 4.78 is 5.77. The number of hydrogen-bond acceptors (Lipinski definition) is 1. The van der Waals surface area contributed by atoms with Gasteiger partial charge in [-0.3, -0.25) is 0 Å². The molecule has 1 aliphatic rings. The van der Waals surface area contributed by atoms with E-state index >= 15 is 0 Å². The van der Waals surface area contributed by atoms with Gasteiger partial charge in [0.1, 0.15) is 5.75 Å². The SMILES string of the molecule is CCCCCC1CCC(c2cc(OCCC)ccc2Cl)CC1. The number of ether oxygens (including phenoxy) is 1. The average Bonchev–Trinajstić information content (AvgIpc) is 2.55. The summed E-state index contributed by atoms with van der Waals surface area (Å²) in [6.45, 7) is 5.20. The van der Waals surface area contributed by atoms with Crippen molar-refractivity contribution >= 4 is 11.6 Å². The second-order valence-corrected chi connectivity index (χ2v) is 7.15. The van der Waals surface area contributed by atoms with Gasteiger partial charge in [0.15, 0.2) is 0 Å². The van der Waals surface area contributed by atoms with Crippen LogP contribution in [0.3, 0.4) is 0 Å². The lowest BCUT2D eigenvalue weighted by Gasteiger charge is -2.29. The predicted molar refractivity (Wildman–Crippen MR) is 96.1 cm³/mol. The molecule has 1 nitrogen and oxygen atoms in total. The number of hydrogen-bond donors (Lipinski definition) is 0. The smallest absolute Gasteiger partial charge is 0.119 e. The minimum atomic E-state index is 0.625. The van der Waals surface area contributed by atoms with E-state index in [1.165, 1.54) is 56.9 Å². The van der Waals surface area contributed by atoms with E-state index in [9.17, 15) is 0 Å². The second kappa shape index (κ2) is 9.45. The largest absolute Gasteiger partial charge is 0.494 e. The van der Waals surface area contributed by atoms with Crippen molar-refractivity contribution in [3.05, 3.63) is 28.8 Å². The highest BCUT2D eigenvalue weighted by molar-refractivity contribution is 6.31. The van der Waals surface area contributed by atoms with E-state index in [0.717, 1.165) is 29.7 Å². The molecule has 0 spiro atoms. The molecule has 2 heteroatoms. The summed E-state index contributed by atoms with van der Waals surface area (Å²) in [4.78, 5) is 0. The van der Waals surface area contributed by atoms with Crippen molar-refractivity contribution in [1.29, 1.82) is 0 Å². The Morgan fingerprint density at radius 2 is 1.82 bits per heavy atom. The van der Waals surface area contributed by atoms with Crippen LogP contribution in [0.15, 0.2) is 18.2 Å². The number of unbranched alkanes of at least 4 members (excludes halogenated alkanes) is 2. The standard InChI is InChI=1S/C20H31ClO/c1-3-5-6-7-16-8-10-17(11-9-16)19-15-18(22-14-4-2)12-13-20(19)21/h12-13,15-17H,3-11,14H2,1-2H3. The van der Waals surface area contributed by atoms with E-state index in [2.05, 4.69) is 19.9 Å². The summed E-state index contributed by atoms with van der Waals surface area (Å²) in [7, 11) is 0. The van der Waals surface area contributed by atoms with Crippen molar-refractivity contribution < 1.29 is 4.74 Å². The monoisotopic (exact) mass is 322 g/mol. The summed E-state index contributed by atoms with van der Waals surface area (Å²) in [5.41, 5.74) is 1.31. The first kappa shape index (κ1) is 17.7. The number of rotatable bonds is 8. The third-order valence-corrected chi connectivity index (χ3v) is 5.29. The van der Waals surface area contributed by atoms with Crippen molar-refractivity contribution in [1.82, 2.24) is 0 Å². The van der Waals surface area contributed by atoms with Crippen molar-refractivity contribution in [2.45, 2.75) is 77.6 Å². The Hall–Kier alpha value is -0.690. The van der Waals surface area contributed by atoms with Crippen LogP contribution >= 0.6 is 11.6 Å². The van der Waals surface area contributed by atoms with E-state index in [1.54, 1.807) is 0 Å². The average molecular weight is 323 g/mol. The summed E-state index contributed by atoms with van der Waals surface area (Å²) >= 11 is 6.45. The van der Waals surface area contributed by atoms with Crippen LogP contribution in [0.1, 0.15) is 83.1 Å². The van der Waals surface area contributed by atoms with Gasteiger partial charge in [0, 0.05) is 5.02 Å². The highest BCUT2D eigenvalue weighted by Gasteiger charge is 2.23. The van der Waals surface area contributed by atoms with Gasteiger partial charge in [0.2, 0.25) is 0 Å². The van der Waals surface area contributed by atoms with Gasteiger partial charge in [-0.2, -0.15) is 0 Å². The van der Waals surface area contributed by atoms with Crippen LogP contribution in [0.25, 0.3) is 0 Å². The van der Waals surface area contributed by atoms with Crippen LogP contribution in [0.5, 0.6) is 5.75 Å². The van der Waals surface area contributed by atoms with Crippen LogP contribution in [0.2, 0.25) is 5.02 Å². The Morgan fingerprint density at radius 3 is 2.50 bits per heavy atom. The van der Waals surface area contributed by atoms with Gasteiger partial charge >= 0.3 is 0 Å². The summed E-state index contributed by atoms with van der Waals surface area (Å²) in [5.74, 6) is 2.55. The first-order valence-electron chi connectivity index (χ1n) is 9.16. The van der Waals surface area contributed by atoms with Gasteiger partial charge in [0.25, 0.3) is 0 Å². The maximum Gasteiger partial charge on any atom is 0.119 e. The molecule has 0 N–H and O–H groups in total. The molecule has 1 fully saturated rings. The molecule has 0 saturated heterocycles. The number of benzene rings is 1. The Labute approximate surface area is 141 Å². The highest BCUT2D eigenvalue weighted by atomic mass is 35.5. The van der Waals surface area contributed by atoms with Crippen LogP contribution in [0.4, 0.5) is 0 Å². The van der Waals surface area contributed by atoms with Crippen molar-refractivity contribution in [2.75, 3.05) is 6.61 Å². The summed E-state index contributed by atoms with van der Waals surface area (Å²) in [5, 5.41) is 0.915. The number of halogens is 1. The normalized spacial score (nSPS) is 21.8. The Morgan fingerprint density at radius 1 is 1.05 bits per heavy atom. The third-order valence-electron chi connectivity index (χ3n) is 4.94. The van der Waals surface area contributed by atoms with Gasteiger partial charge in [-0.25, -0.2) is 0 Å². The first-order valence-corrected chi connectivity index (χ1v) is 9.54. The fourth-order valence-corrected chi connectivity index (χ4v) is 3.86. The maximum absolute atomic E-state index is 6.45. The molecule has 1 aromatic carbocycles. The molecule has 0 aromatic heterocycles. The van der Waals surface area contributed by atoms with Gasteiger partial charge in [0.05, 0.1) is 6.61 Å². The molecule has 0 radical (unpaired) electrons. The zero-order valence-electron chi connectivity index (χ0n) is 14.2. The van der Waals surface area contributed by atoms with Gasteiger partial charge in [-0.1, -0.05) is 51.1 Å². The molecular formula is C20H31ClO. The first-order chi connectivity index (χ1) is 10.7. The fraction of sp³-hybridized carbons (Fsp3) is 0.700. The van der Waals surface area contributed by atoms with E-state index < -0.39 is 0 Å². The second-order valence-electron chi connectivity index (χ2n) is 6.75. The lowest BCUT2D eigenvalue weighted by molar-refractivity contribution is 0.299. The molecule has 1 aromatic rings. The van der Waals surface area contributed by atoms with Crippen LogP contribution in [-0.2, 0) is 0 Å². The van der Waals surface area contributed by atoms with Gasteiger partial charge in [-0.05, 0) is 67.7 Å². The van der Waals surface area contributed by atoms with E-state index in [1.807, 2.05) is 12.1 Å². The van der Waals surface area contributed by atoms with E-state index in [0.29, 0.717) is 5.92 Å². The van der Waals surface area contributed by atoms with E-state index in [4.69, 9.17) is 16.3 Å². The highest BCUT2D eigenvalue weighted by Crippen LogP contribution is 2.41. The minimum Gasteiger partial charge on any atom is -0.494 e. The van der Waals surface area contributed by atoms with Crippen LogP contribution in [0, 0.1) is 5.92 Å². The molecular weight excluding hydrogens is 292 g/mol. The van der Waals surface area contributed by atoms with Gasteiger partial charge < -0.3 is 4.74 Å². The maximum atomic E-state index is 6.45. The predicted octanol–water partition coefficient (Wildman–Crippen LogP) is 6.98. The summed E-state index contributed by atoms with van der Waals surface area (Å²) in [6, 6.07) is 6.19. The molecule has 0 aliphatic heterocycles. The Bertz CT molecular complexity index is 435. The lowest BCUT2D eigenvalue weighted by atomic mass is 9.77. The minimum absolute atomic E-state index is 0.625.